The van der Waals surface area contributed by atoms with Crippen molar-refractivity contribution in [3.05, 3.63) is 51.4 Å². The molecule has 1 aromatic heterocycles. The van der Waals surface area contributed by atoms with Gasteiger partial charge in [-0.3, -0.25) is 9.59 Å². The maximum absolute atomic E-state index is 13.8. The van der Waals surface area contributed by atoms with Gasteiger partial charge >= 0.3 is 0 Å². The number of aromatic nitrogens is 2. The predicted molar refractivity (Wildman–Crippen MR) is 82.1 cm³/mol. The number of carbonyl (C=O) groups excluding carboxylic acids is 1. The van der Waals surface area contributed by atoms with E-state index < -0.39 is 17.2 Å². The molecule has 1 amide bonds. The summed E-state index contributed by atoms with van der Waals surface area (Å²) in [4.78, 5) is 25.1. The molecule has 9 heteroatoms. The van der Waals surface area contributed by atoms with Crippen molar-refractivity contribution < 1.29 is 13.6 Å². The van der Waals surface area contributed by atoms with Gasteiger partial charge in [0.25, 0.3) is 5.56 Å². The molecule has 0 unspecified atom stereocenters. The van der Waals surface area contributed by atoms with Crippen molar-refractivity contribution in [3.63, 3.8) is 0 Å². The number of amides is 1. The number of rotatable bonds is 4. The molecule has 0 saturated heterocycles. The highest BCUT2D eigenvalue weighted by Gasteiger charge is 2.17. The van der Waals surface area contributed by atoms with Crippen LogP contribution in [0.1, 0.15) is 0 Å². The first-order valence-electron chi connectivity index (χ1n) is 6.50. The third kappa shape index (κ3) is 3.48. The zero-order chi connectivity index (χ0) is 17.1. The molecule has 0 radical (unpaired) electrons. The average molecular weight is 343 g/mol. The zero-order valence-corrected chi connectivity index (χ0v) is 13.1. The van der Waals surface area contributed by atoms with Crippen molar-refractivity contribution in [2.45, 2.75) is 0 Å². The molecule has 2 rings (SSSR count). The number of benzene rings is 1. The first-order chi connectivity index (χ1) is 10.8. The van der Waals surface area contributed by atoms with Crippen LogP contribution in [0.2, 0.25) is 5.02 Å². The van der Waals surface area contributed by atoms with Gasteiger partial charge in [-0.2, -0.15) is 9.78 Å². The molecule has 1 aromatic carbocycles. The van der Waals surface area contributed by atoms with Crippen LogP contribution in [0.3, 0.4) is 0 Å². The Balaban J connectivity index is 2.45. The Bertz CT molecular complexity index is 810. The molecule has 0 aliphatic carbocycles. The maximum atomic E-state index is 13.8. The van der Waals surface area contributed by atoms with Crippen LogP contribution in [0, 0.1) is 11.6 Å². The van der Waals surface area contributed by atoms with Gasteiger partial charge in [0.2, 0.25) is 5.91 Å². The molecule has 23 heavy (non-hydrogen) atoms. The molecule has 1 N–H and O–H groups in total. The molecular weight excluding hydrogens is 330 g/mol. The summed E-state index contributed by atoms with van der Waals surface area (Å²) in [6, 6.07) is 2.73. The number of hydrogen-bond donors (Lipinski definition) is 1. The molecule has 0 bridgehead atoms. The Morgan fingerprint density at radius 2 is 2.13 bits per heavy atom. The van der Waals surface area contributed by atoms with Crippen molar-refractivity contribution in [1.82, 2.24) is 15.1 Å². The van der Waals surface area contributed by atoms with E-state index in [4.69, 9.17) is 11.6 Å². The van der Waals surface area contributed by atoms with Gasteiger partial charge in [0.05, 0.1) is 18.4 Å². The molecule has 0 aliphatic rings. The van der Waals surface area contributed by atoms with E-state index in [0.29, 0.717) is 6.07 Å². The fourth-order valence-electron chi connectivity index (χ4n) is 1.89. The van der Waals surface area contributed by atoms with Crippen molar-refractivity contribution in [2.75, 3.05) is 25.5 Å². The second-order valence-electron chi connectivity index (χ2n) is 4.69. The average Bonchev–Trinajstić information content (AvgIpc) is 2.50. The third-order valence-electron chi connectivity index (χ3n) is 3.11. The van der Waals surface area contributed by atoms with Crippen LogP contribution in [-0.4, -0.2) is 36.3 Å². The van der Waals surface area contributed by atoms with E-state index in [-0.39, 0.29) is 28.8 Å². The largest absolute Gasteiger partial charge is 0.363 e. The van der Waals surface area contributed by atoms with Crippen molar-refractivity contribution in [3.8, 4) is 5.69 Å². The van der Waals surface area contributed by atoms with Crippen LogP contribution >= 0.6 is 11.6 Å². The number of anilines is 1. The van der Waals surface area contributed by atoms with Gasteiger partial charge in [-0.05, 0) is 12.1 Å². The lowest BCUT2D eigenvalue weighted by molar-refractivity contribution is -0.119. The second-order valence-corrected chi connectivity index (χ2v) is 5.06. The minimum atomic E-state index is -0.942. The van der Waals surface area contributed by atoms with Crippen LogP contribution < -0.4 is 15.8 Å². The van der Waals surface area contributed by atoms with Gasteiger partial charge < -0.3 is 10.2 Å². The molecular formula is C14H13ClF2N4O2. The lowest BCUT2D eigenvalue weighted by atomic mass is 10.3. The summed E-state index contributed by atoms with van der Waals surface area (Å²) in [6.45, 7) is -0.0355. The molecule has 2 aromatic rings. The summed E-state index contributed by atoms with van der Waals surface area (Å²) in [7, 11) is 3.03. The molecule has 0 fully saturated rings. The minimum absolute atomic E-state index is 0.0355. The van der Waals surface area contributed by atoms with Crippen molar-refractivity contribution >= 4 is 23.2 Å². The van der Waals surface area contributed by atoms with Crippen molar-refractivity contribution in [1.29, 1.82) is 0 Å². The van der Waals surface area contributed by atoms with E-state index >= 15 is 0 Å². The molecule has 6 nitrogen and oxygen atoms in total. The summed E-state index contributed by atoms with van der Waals surface area (Å²) in [6.07, 6.45) is 1.23. The van der Waals surface area contributed by atoms with Crippen molar-refractivity contribution in [2.24, 2.45) is 0 Å². The van der Waals surface area contributed by atoms with Gasteiger partial charge in [-0.15, -0.1) is 0 Å². The highest BCUT2D eigenvalue weighted by Crippen LogP contribution is 2.21. The highest BCUT2D eigenvalue weighted by molar-refractivity contribution is 6.33. The van der Waals surface area contributed by atoms with Crippen LogP contribution in [0.25, 0.3) is 5.69 Å². The Labute approximate surface area is 135 Å². The number of hydrogen-bond acceptors (Lipinski definition) is 4. The van der Waals surface area contributed by atoms with Crippen LogP contribution in [0.5, 0.6) is 0 Å². The number of halogens is 3. The summed E-state index contributed by atoms with van der Waals surface area (Å²) >= 11 is 6.01. The predicted octanol–water partition coefficient (Wildman–Crippen LogP) is 1.35. The lowest BCUT2D eigenvalue weighted by Crippen LogP contribution is -2.34. The highest BCUT2D eigenvalue weighted by atomic mass is 35.5. The van der Waals surface area contributed by atoms with E-state index in [1.807, 2.05) is 0 Å². The monoisotopic (exact) mass is 342 g/mol. The first-order valence-corrected chi connectivity index (χ1v) is 6.88. The Morgan fingerprint density at radius 1 is 1.43 bits per heavy atom. The van der Waals surface area contributed by atoms with Crippen LogP contribution in [0.15, 0.2) is 29.2 Å². The van der Waals surface area contributed by atoms with Gasteiger partial charge in [-0.25, -0.2) is 8.78 Å². The number of likely N-dealkylation sites (N-methyl/N-ethyl adjacent to an activating group) is 2. The molecule has 0 atom stereocenters. The third-order valence-corrected chi connectivity index (χ3v) is 3.46. The van der Waals surface area contributed by atoms with Gasteiger partial charge in [0.15, 0.2) is 5.82 Å². The summed E-state index contributed by atoms with van der Waals surface area (Å²) < 4.78 is 27.5. The maximum Gasteiger partial charge on any atom is 0.292 e. The van der Waals surface area contributed by atoms with E-state index in [2.05, 4.69) is 10.4 Å². The standard InChI is InChI=1S/C14H13ClF2N4O2/c1-18-12(22)7-20(2)11-6-19-21(14(23)13(11)15)10-4-3-8(16)5-9(10)17/h3-6H,7H2,1-2H3,(H,18,22). The van der Waals surface area contributed by atoms with Crippen LogP contribution in [-0.2, 0) is 4.79 Å². The van der Waals surface area contributed by atoms with Gasteiger partial charge in [0.1, 0.15) is 16.5 Å². The fraction of sp³-hybridized carbons (Fsp3) is 0.214. The SMILES string of the molecule is CNC(=O)CN(C)c1cnn(-c2ccc(F)cc2F)c(=O)c1Cl. The van der Waals surface area contributed by atoms with E-state index in [0.717, 1.165) is 16.8 Å². The lowest BCUT2D eigenvalue weighted by Gasteiger charge is -2.19. The van der Waals surface area contributed by atoms with Gasteiger partial charge in [-0.1, -0.05) is 11.6 Å². The molecule has 0 spiro atoms. The smallest absolute Gasteiger partial charge is 0.292 e. The Kier molecular flexibility index (Phi) is 4.95. The number of nitrogens with one attached hydrogen (secondary N) is 1. The molecule has 122 valence electrons. The van der Waals surface area contributed by atoms with Gasteiger partial charge in [0, 0.05) is 20.2 Å². The molecule has 1 heterocycles. The zero-order valence-electron chi connectivity index (χ0n) is 12.3. The van der Waals surface area contributed by atoms with Crippen LogP contribution in [0.4, 0.5) is 14.5 Å². The fourth-order valence-corrected chi connectivity index (χ4v) is 2.17. The summed E-state index contributed by atoms with van der Waals surface area (Å²) in [5.41, 5.74) is -0.781. The Hall–Kier alpha value is -2.48. The van der Waals surface area contributed by atoms with E-state index in [9.17, 15) is 18.4 Å². The summed E-state index contributed by atoms with van der Waals surface area (Å²) in [5.74, 6) is -1.99. The van der Waals surface area contributed by atoms with E-state index in [1.54, 1.807) is 7.05 Å². The Morgan fingerprint density at radius 3 is 2.74 bits per heavy atom. The normalized spacial score (nSPS) is 10.5. The molecule has 0 saturated carbocycles. The quantitative estimate of drug-likeness (QED) is 0.910. The van der Waals surface area contributed by atoms with E-state index in [1.165, 1.54) is 18.1 Å². The number of carbonyl (C=O) groups is 1. The minimum Gasteiger partial charge on any atom is -0.363 e. The topological polar surface area (TPSA) is 67.2 Å². The first kappa shape index (κ1) is 16.9. The molecule has 0 aliphatic heterocycles. The number of nitrogens with zero attached hydrogens (tertiary/aromatic N) is 3. The second kappa shape index (κ2) is 6.74. The summed E-state index contributed by atoms with van der Waals surface area (Å²) in [5, 5.41) is 6.05.